The van der Waals surface area contributed by atoms with Crippen molar-refractivity contribution in [2.45, 2.75) is 19.0 Å². The molecular weight excluding hydrogens is 360 g/mol. The van der Waals surface area contributed by atoms with E-state index in [4.69, 9.17) is 28.1 Å². The number of ether oxygens (including phenoxy) is 2. The molecule has 2 rings (SSSR count). The van der Waals surface area contributed by atoms with Crippen LogP contribution in [0.25, 0.3) is 11.0 Å². The molecule has 0 N–H and O–H groups in total. The Kier molecular flexibility index (Phi) is 7.58. The molecule has 0 saturated carbocycles. The number of aromatic nitrogens is 2. The van der Waals surface area contributed by atoms with Crippen molar-refractivity contribution in [2.75, 3.05) is 19.5 Å². The Morgan fingerprint density at radius 3 is 2.00 bits per heavy atom. The Morgan fingerprint density at radius 1 is 1.08 bits per heavy atom. The van der Waals surface area contributed by atoms with Crippen LogP contribution in [0.2, 0.25) is 0 Å². The van der Waals surface area contributed by atoms with E-state index in [1.54, 1.807) is 11.8 Å². The second kappa shape index (κ2) is 8.75. The molecule has 10 heteroatoms. The molecule has 0 fully saturated rings. The summed E-state index contributed by atoms with van der Waals surface area (Å²) in [6, 6.07) is 3.97. The standard InChI is InChI=1S/C14H21N2O2S.ClHO4/c1-6-17-10-8-9-11(18-7-2)13-12(10)15(3)14(19-5)16(13)4;2-1(3,4)5/h8-9H,6-7H2,1-5H3;(H,2,3,4,5)/q+1;/p-1. The molecule has 24 heavy (non-hydrogen) atoms. The number of hydrogen-bond acceptors (Lipinski definition) is 7. The minimum atomic E-state index is -4.94. The Labute approximate surface area is 147 Å². The molecule has 136 valence electrons. The third-order valence-corrected chi connectivity index (χ3v) is 4.02. The molecule has 2 aromatic rings. The second-order valence-electron chi connectivity index (χ2n) is 4.61. The summed E-state index contributed by atoms with van der Waals surface area (Å²) in [5.41, 5.74) is 2.17. The number of nitrogens with zero attached hydrogens (tertiary/aromatic N) is 2. The van der Waals surface area contributed by atoms with Crippen LogP contribution < -0.4 is 32.7 Å². The van der Waals surface area contributed by atoms with Crippen LogP contribution in [0.5, 0.6) is 11.5 Å². The van der Waals surface area contributed by atoms with Crippen molar-refractivity contribution in [3.63, 3.8) is 0 Å². The van der Waals surface area contributed by atoms with Crippen LogP contribution in [-0.2, 0) is 14.1 Å². The summed E-state index contributed by atoms with van der Waals surface area (Å²) in [5.74, 6) is 1.80. The topological polar surface area (TPSA) is 120 Å². The molecule has 0 atom stereocenters. The fourth-order valence-corrected chi connectivity index (χ4v) is 3.16. The number of benzene rings is 1. The number of hydrogen-bond donors (Lipinski definition) is 0. The Bertz CT molecular complexity index is 631. The Balaban J connectivity index is 0.000000505. The van der Waals surface area contributed by atoms with E-state index >= 15 is 0 Å². The predicted molar refractivity (Wildman–Crippen MR) is 78.2 cm³/mol. The number of halogens is 1. The van der Waals surface area contributed by atoms with Gasteiger partial charge in [-0.1, -0.05) is 0 Å². The minimum absolute atomic E-state index is 0.659. The maximum Gasteiger partial charge on any atom is 0.318 e. The van der Waals surface area contributed by atoms with Crippen LogP contribution in [0.3, 0.4) is 0 Å². The fourth-order valence-electron chi connectivity index (χ4n) is 2.43. The van der Waals surface area contributed by atoms with Crippen molar-refractivity contribution < 1.29 is 42.9 Å². The van der Waals surface area contributed by atoms with Crippen LogP contribution in [0.4, 0.5) is 0 Å². The Hall–Kier alpha value is -1.23. The van der Waals surface area contributed by atoms with Crippen LogP contribution in [0, 0.1) is 10.2 Å². The molecule has 1 aromatic heterocycles. The first-order valence-electron chi connectivity index (χ1n) is 7.08. The minimum Gasteiger partial charge on any atom is -0.489 e. The molecule has 0 unspecified atom stereocenters. The molecule has 0 bridgehead atoms. The van der Waals surface area contributed by atoms with Gasteiger partial charge < -0.3 is 9.47 Å². The normalized spacial score (nSPS) is 11.2. The van der Waals surface area contributed by atoms with E-state index in [-0.39, 0.29) is 0 Å². The van der Waals surface area contributed by atoms with Crippen LogP contribution in [0.1, 0.15) is 13.8 Å². The summed E-state index contributed by atoms with van der Waals surface area (Å²) in [5, 5.41) is 1.17. The van der Waals surface area contributed by atoms with Crippen molar-refractivity contribution in [1.82, 2.24) is 4.57 Å². The number of aryl methyl sites for hydroxylation is 2. The molecule has 0 amide bonds. The first kappa shape index (κ1) is 20.8. The van der Waals surface area contributed by atoms with Gasteiger partial charge in [0.05, 0.1) is 27.3 Å². The van der Waals surface area contributed by atoms with Gasteiger partial charge in [0.1, 0.15) is 0 Å². The molecule has 0 aliphatic heterocycles. The van der Waals surface area contributed by atoms with Gasteiger partial charge in [-0.25, -0.2) is 27.8 Å². The van der Waals surface area contributed by atoms with Crippen LogP contribution >= 0.6 is 11.8 Å². The summed E-state index contributed by atoms with van der Waals surface area (Å²) in [6.07, 6.45) is 2.08. The highest BCUT2D eigenvalue weighted by molar-refractivity contribution is 7.98. The molecule has 0 radical (unpaired) electrons. The fraction of sp³-hybridized carbons (Fsp3) is 0.500. The molecule has 0 spiro atoms. The summed E-state index contributed by atoms with van der Waals surface area (Å²) < 4.78 is 49.8. The van der Waals surface area contributed by atoms with Crippen molar-refractivity contribution in [2.24, 2.45) is 14.1 Å². The second-order valence-corrected chi connectivity index (χ2v) is 6.14. The van der Waals surface area contributed by atoms with Gasteiger partial charge in [0.15, 0.2) is 11.5 Å². The highest BCUT2D eigenvalue weighted by Crippen LogP contribution is 2.33. The average molecular weight is 381 g/mol. The number of imidazole rings is 1. The molecular formula is C14H21ClN2O6S. The largest absolute Gasteiger partial charge is 0.489 e. The maximum atomic E-state index is 8.49. The van der Waals surface area contributed by atoms with Crippen LogP contribution in [-0.4, -0.2) is 24.0 Å². The lowest BCUT2D eigenvalue weighted by molar-refractivity contribution is -2.00. The smallest absolute Gasteiger partial charge is 0.318 e. The van der Waals surface area contributed by atoms with Crippen LogP contribution in [0.15, 0.2) is 17.3 Å². The number of thioether (sulfide) groups is 1. The zero-order valence-corrected chi connectivity index (χ0v) is 15.8. The van der Waals surface area contributed by atoms with Gasteiger partial charge in [0.2, 0.25) is 11.0 Å². The quantitative estimate of drug-likeness (QED) is 0.425. The summed E-state index contributed by atoms with van der Waals surface area (Å²) >= 11 is 1.72. The zero-order chi connectivity index (χ0) is 18.5. The third kappa shape index (κ3) is 5.13. The van der Waals surface area contributed by atoms with Gasteiger partial charge in [-0.3, -0.25) is 0 Å². The van der Waals surface area contributed by atoms with Gasteiger partial charge in [0, 0.05) is 0 Å². The molecule has 0 aliphatic carbocycles. The van der Waals surface area contributed by atoms with E-state index in [2.05, 4.69) is 29.5 Å². The highest BCUT2D eigenvalue weighted by Gasteiger charge is 2.26. The van der Waals surface area contributed by atoms with E-state index in [9.17, 15) is 0 Å². The monoisotopic (exact) mass is 380 g/mol. The van der Waals surface area contributed by atoms with Gasteiger partial charge >= 0.3 is 5.16 Å². The van der Waals surface area contributed by atoms with E-state index in [0.717, 1.165) is 22.5 Å². The zero-order valence-electron chi connectivity index (χ0n) is 14.2. The lowest BCUT2D eigenvalue weighted by Gasteiger charge is -2.17. The van der Waals surface area contributed by atoms with Gasteiger partial charge in [-0.2, -0.15) is 0 Å². The van der Waals surface area contributed by atoms with E-state index in [1.807, 2.05) is 26.0 Å². The lowest BCUT2D eigenvalue weighted by atomic mass is 10.2. The maximum absolute atomic E-state index is 8.49. The SMILES string of the molecule is CCOc1ccc(OCC)c2c1n(C)c(SC)[n+]2C.[O-][Cl+3]([O-])([O-])[O-]. The first-order valence-corrected chi connectivity index (χ1v) is 9.54. The number of fused-ring (bicyclic) bond motifs is 1. The number of rotatable bonds is 5. The molecule has 8 nitrogen and oxygen atoms in total. The average Bonchev–Trinajstić information content (AvgIpc) is 2.72. The van der Waals surface area contributed by atoms with Crippen molar-refractivity contribution >= 4 is 22.8 Å². The van der Waals surface area contributed by atoms with Gasteiger partial charge in [-0.05, 0) is 44.0 Å². The predicted octanol–water partition coefficient (Wildman–Crippen LogP) is -2.23. The van der Waals surface area contributed by atoms with E-state index in [1.165, 1.54) is 5.16 Å². The van der Waals surface area contributed by atoms with Crippen molar-refractivity contribution in [3.8, 4) is 11.5 Å². The Morgan fingerprint density at radius 2 is 1.54 bits per heavy atom. The summed E-state index contributed by atoms with van der Waals surface area (Å²) in [6.45, 7) is 5.32. The molecule has 1 heterocycles. The molecule has 0 aliphatic rings. The lowest BCUT2D eigenvalue weighted by Crippen LogP contribution is -2.68. The first-order chi connectivity index (χ1) is 11.2. The van der Waals surface area contributed by atoms with Crippen molar-refractivity contribution in [3.05, 3.63) is 12.1 Å². The molecule has 1 aromatic carbocycles. The van der Waals surface area contributed by atoms with Crippen molar-refractivity contribution in [1.29, 1.82) is 0 Å². The summed E-state index contributed by atoms with van der Waals surface area (Å²) in [7, 11) is -0.821. The highest BCUT2D eigenvalue weighted by atomic mass is 35.7. The van der Waals surface area contributed by atoms with E-state index in [0.29, 0.717) is 13.2 Å². The van der Waals surface area contributed by atoms with Gasteiger partial charge in [0.25, 0.3) is 0 Å². The third-order valence-electron chi connectivity index (χ3n) is 3.10. The van der Waals surface area contributed by atoms with Gasteiger partial charge in [-0.15, -0.1) is 10.2 Å². The molecule has 0 saturated heterocycles. The van der Waals surface area contributed by atoms with E-state index < -0.39 is 10.2 Å². The summed E-state index contributed by atoms with van der Waals surface area (Å²) in [4.78, 5) is 0.